The molecule has 0 radical (unpaired) electrons. The fraction of sp³-hybridized carbons (Fsp3) is 0.700. The molecule has 0 spiro atoms. The first-order chi connectivity index (χ1) is 7.74. The van der Waals surface area contributed by atoms with Gasteiger partial charge < -0.3 is 10.1 Å². The van der Waals surface area contributed by atoms with Crippen LogP contribution in [0, 0.1) is 0 Å². The number of alkyl halides is 3. The van der Waals surface area contributed by atoms with Gasteiger partial charge in [-0.3, -0.25) is 0 Å². The van der Waals surface area contributed by atoms with Gasteiger partial charge in [-0.1, -0.05) is 0 Å². The van der Waals surface area contributed by atoms with Gasteiger partial charge in [0.25, 0.3) is 0 Å². The van der Waals surface area contributed by atoms with E-state index in [0.717, 1.165) is 5.01 Å². The Morgan fingerprint density at radius 1 is 1.41 bits per heavy atom. The summed E-state index contributed by atoms with van der Waals surface area (Å²) in [7, 11) is 1.57. The fourth-order valence-corrected chi connectivity index (χ4v) is 2.01. The van der Waals surface area contributed by atoms with Gasteiger partial charge in [0.1, 0.15) is 10.6 Å². The Morgan fingerprint density at radius 3 is 2.59 bits per heavy atom. The maximum absolute atomic E-state index is 11.9. The van der Waals surface area contributed by atoms with E-state index in [-0.39, 0.29) is 6.54 Å². The smallest absolute Gasteiger partial charge is 0.372 e. The van der Waals surface area contributed by atoms with Crippen molar-refractivity contribution in [1.82, 2.24) is 10.3 Å². The number of methoxy groups -OCH3 is 1. The third-order valence-corrected chi connectivity index (χ3v) is 3.40. The molecule has 0 aliphatic rings. The number of thiazole rings is 1. The van der Waals surface area contributed by atoms with Crippen molar-refractivity contribution in [2.24, 2.45) is 0 Å². The molecule has 3 nitrogen and oxygen atoms in total. The topological polar surface area (TPSA) is 34.1 Å². The lowest BCUT2D eigenvalue weighted by atomic mass is 10.1. The predicted molar refractivity (Wildman–Crippen MR) is 59.9 cm³/mol. The van der Waals surface area contributed by atoms with Crippen LogP contribution in [0.2, 0.25) is 0 Å². The molecule has 0 saturated carbocycles. The largest absolute Gasteiger partial charge is 0.401 e. The highest BCUT2D eigenvalue weighted by Crippen LogP contribution is 2.26. The van der Waals surface area contributed by atoms with Crippen molar-refractivity contribution < 1.29 is 17.9 Å². The van der Waals surface area contributed by atoms with Crippen molar-refractivity contribution in [3.8, 4) is 0 Å². The molecule has 0 atom stereocenters. The minimum atomic E-state index is -4.19. The first kappa shape index (κ1) is 14.4. The first-order valence-electron chi connectivity index (χ1n) is 5.02. The Hall–Kier alpha value is -0.660. The highest BCUT2D eigenvalue weighted by Gasteiger charge is 2.27. The molecule has 0 saturated heterocycles. The van der Waals surface area contributed by atoms with E-state index in [1.165, 1.54) is 11.3 Å². The average Bonchev–Trinajstić information content (AvgIpc) is 2.65. The van der Waals surface area contributed by atoms with Crippen LogP contribution in [0.15, 0.2) is 5.38 Å². The molecule has 0 aliphatic carbocycles. The third kappa shape index (κ3) is 4.61. The summed E-state index contributed by atoms with van der Waals surface area (Å²) in [6.45, 7) is 2.82. The standard InChI is InChI=1S/C10H15F3N2OS/c1-9(2,16-3)8-15-7(5-17-8)4-14-6-10(11,12)13/h5,14H,4,6H2,1-3H3. The molecule has 17 heavy (non-hydrogen) atoms. The second-order valence-corrected chi connectivity index (χ2v) is 4.94. The van der Waals surface area contributed by atoms with E-state index in [1.54, 1.807) is 12.5 Å². The molecule has 1 heterocycles. The molecule has 1 aromatic heterocycles. The summed E-state index contributed by atoms with van der Waals surface area (Å²) in [6.07, 6.45) is -4.19. The van der Waals surface area contributed by atoms with Gasteiger partial charge in [-0.15, -0.1) is 11.3 Å². The SMILES string of the molecule is COC(C)(C)c1nc(CNCC(F)(F)F)cs1. The Labute approximate surface area is 102 Å². The van der Waals surface area contributed by atoms with Crippen LogP contribution in [0.3, 0.4) is 0 Å². The van der Waals surface area contributed by atoms with E-state index < -0.39 is 18.3 Å². The van der Waals surface area contributed by atoms with E-state index >= 15 is 0 Å². The Morgan fingerprint density at radius 2 is 2.06 bits per heavy atom. The normalized spacial score (nSPS) is 13.1. The maximum atomic E-state index is 11.9. The third-order valence-electron chi connectivity index (χ3n) is 2.21. The molecule has 1 N–H and O–H groups in total. The van der Waals surface area contributed by atoms with E-state index in [4.69, 9.17) is 4.74 Å². The quantitative estimate of drug-likeness (QED) is 0.891. The minimum absolute atomic E-state index is 0.107. The molecule has 0 aromatic carbocycles. The van der Waals surface area contributed by atoms with Gasteiger partial charge in [-0.05, 0) is 13.8 Å². The number of ether oxygens (including phenoxy) is 1. The predicted octanol–water partition coefficient (Wildman–Crippen LogP) is 2.68. The molecule has 0 bridgehead atoms. The van der Waals surface area contributed by atoms with Gasteiger partial charge in [-0.25, -0.2) is 4.98 Å². The second-order valence-electron chi connectivity index (χ2n) is 4.08. The Bertz CT molecular complexity index is 363. The minimum Gasteiger partial charge on any atom is -0.372 e. The number of nitrogens with zero attached hydrogens (tertiary/aromatic N) is 1. The summed E-state index contributed by atoms with van der Waals surface area (Å²) in [4.78, 5) is 4.24. The molecular weight excluding hydrogens is 253 g/mol. The van der Waals surface area contributed by atoms with Crippen molar-refractivity contribution in [3.05, 3.63) is 16.1 Å². The lowest BCUT2D eigenvalue weighted by molar-refractivity contribution is -0.125. The summed E-state index contributed by atoms with van der Waals surface area (Å²) < 4.78 is 41.0. The van der Waals surface area contributed by atoms with Crippen molar-refractivity contribution in [2.45, 2.75) is 32.2 Å². The van der Waals surface area contributed by atoms with Crippen LogP contribution >= 0.6 is 11.3 Å². The van der Waals surface area contributed by atoms with Crippen molar-refractivity contribution in [3.63, 3.8) is 0 Å². The van der Waals surface area contributed by atoms with E-state index in [9.17, 15) is 13.2 Å². The molecular formula is C10H15F3N2OS. The van der Waals surface area contributed by atoms with Crippen LogP contribution < -0.4 is 5.32 Å². The number of rotatable bonds is 5. The highest BCUT2D eigenvalue weighted by atomic mass is 32.1. The molecule has 1 rings (SSSR count). The molecule has 0 amide bonds. The molecule has 1 aromatic rings. The number of nitrogens with one attached hydrogen (secondary N) is 1. The lowest BCUT2D eigenvalue weighted by Crippen LogP contribution is -2.28. The first-order valence-corrected chi connectivity index (χ1v) is 5.90. The van der Waals surface area contributed by atoms with Gasteiger partial charge in [0.2, 0.25) is 0 Å². The summed E-state index contributed by atoms with van der Waals surface area (Å²) in [5, 5.41) is 4.79. The molecule has 0 fully saturated rings. The second kappa shape index (κ2) is 5.32. The number of halogens is 3. The number of hydrogen-bond acceptors (Lipinski definition) is 4. The van der Waals surface area contributed by atoms with Crippen LogP contribution in [0.5, 0.6) is 0 Å². The Kier molecular flexibility index (Phi) is 4.51. The van der Waals surface area contributed by atoms with Crippen molar-refractivity contribution >= 4 is 11.3 Å². The molecule has 0 unspecified atom stereocenters. The van der Waals surface area contributed by atoms with E-state index in [0.29, 0.717) is 5.69 Å². The maximum Gasteiger partial charge on any atom is 0.401 e. The van der Waals surface area contributed by atoms with Gasteiger partial charge in [0, 0.05) is 19.0 Å². The number of hydrogen-bond donors (Lipinski definition) is 1. The summed E-state index contributed by atoms with van der Waals surface area (Å²) in [5.74, 6) is 0. The average molecular weight is 268 g/mol. The monoisotopic (exact) mass is 268 g/mol. The summed E-state index contributed by atoms with van der Waals surface area (Å²) >= 11 is 1.38. The zero-order chi connectivity index (χ0) is 13.1. The van der Waals surface area contributed by atoms with Gasteiger partial charge in [0.05, 0.1) is 12.2 Å². The van der Waals surface area contributed by atoms with E-state index in [1.807, 2.05) is 13.8 Å². The lowest BCUT2D eigenvalue weighted by Gasteiger charge is -2.19. The highest BCUT2D eigenvalue weighted by molar-refractivity contribution is 7.09. The Balaban J connectivity index is 2.52. The fourth-order valence-electron chi connectivity index (χ4n) is 1.08. The van der Waals surface area contributed by atoms with Crippen LogP contribution in [-0.2, 0) is 16.9 Å². The van der Waals surface area contributed by atoms with Gasteiger partial charge in [-0.2, -0.15) is 13.2 Å². The molecule has 0 aliphatic heterocycles. The summed E-state index contributed by atoms with van der Waals surface area (Å²) in [5.41, 5.74) is 0.0896. The number of aromatic nitrogens is 1. The summed E-state index contributed by atoms with van der Waals surface area (Å²) in [6, 6.07) is 0. The zero-order valence-electron chi connectivity index (χ0n) is 9.89. The van der Waals surface area contributed by atoms with Crippen molar-refractivity contribution in [2.75, 3.05) is 13.7 Å². The van der Waals surface area contributed by atoms with E-state index in [2.05, 4.69) is 10.3 Å². The molecule has 98 valence electrons. The van der Waals surface area contributed by atoms with Crippen LogP contribution in [0.25, 0.3) is 0 Å². The van der Waals surface area contributed by atoms with Crippen molar-refractivity contribution in [1.29, 1.82) is 0 Å². The zero-order valence-corrected chi connectivity index (χ0v) is 10.7. The van der Waals surface area contributed by atoms with Gasteiger partial charge >= 0.3 is 6.18 Å². The van der Waals surface area contributed by atoms with Crippen LogP contribution in [-0.4, -0.2) is 24.8 Å². The van der Waals surface area contributed by atoms with Gasteiger partial charge in [0.15, 0.2) is 0 Å². The van der Waals surface area contributed by atoms with Crippen LogP contribution in [0.1, 0.15) is 24.5 Å². The molecule has 7 heteroatoms. The van der Waals surface area contributed by atoms with Crippen LogP contribution in [0.4, 0.5) is 13.2 Å².